The summed E-state index contributed by atoms with van der Waals surface area (Å²) >= 11 is 0. The van der Waals surface area contributed by atoms with Crippen LogP contribution in [0.25, 0.3) is 11.1 Å². The summed E-state index contributed by atoms with van der Waals surface area (Å²) in [5.74, 6) is 0. The molecule has 0 bridgehead atoms. The Morgan fingerprint density at radius 1 is 0.938 bits per heavy atom. The van der Waals surface area contributed by atoms with Crippen molar-refractivity contribution < 1.29 is 8.42 Å². The molecule has 2 rings (SSSR count). The van der Waals surface area contributed by atoms with Gasteiger partial charge in [-0.15, -0.1) is 0 Å². The molecule has 0 aliphatic heterocycles. The molecule has 0 spiro atoms. The van der Waals surface area contributed by atoms with E-state index in [9.17, 15) is 8.42 Å². The van der Waals surface area contributed by atoms with Crippen molar-refractivity contribution in [2.75, 3.05) is 0 Å². The first-order valence-electron chi connectivity index (χ1n) is 4.37. The molecular formula is C10H7ClN2O2S. The summed E-state index contributed by atoms with van der Waals surface area (Å²) in [6.45, 7) is 0. The quantitative estimate of drug-likeness (QED) is 0.770. The van der Waals surface area contributed by atoms with E-state index in [1.165, 1.54) is 18.5 Å². The van der Waals surface area contributed by atoms with E-state index in [1.54, 1.807) is 24.5 Å². The van der Waals surface area contributed by atoms with Gasteiger partial charge in [0.05, 0.1) is 4.90 Å². The molecule has 0 amide bonds. The lowest BCUT2D eigenvalue weighted by Gasteiger charge is -2.00. The Morgan fingerprint density at radius 2 is 1.50 bits per heavy atom. The topological polar surface area (TPSA) is 59.9 Å². The predicted octanol–water partition coefficient (Wildman–Crippen LogP) is 2.07. The van der Waals surface area contributed by atoms with E-state index in [0.29, 0.717) is 0 Å². The lowest BCUT2D eigenvalue weighted by molar-refractivity contribution is 0.609. The van der Waals surface area contributed by atoms with E-state index in [4.69, 9.17) is 10.7 Å². The van der Waals surface area contributed by atoms with Crippen LogP contribution in [0.5, 0.6) is 0 Å². The molecule has 4 nitrogen and oxygen atoms in total. The van der Waals surface area contributed by atoms with E-state index in [-0.39, 0.29) is 4.90 Å². The van der Waals surface area contributed by atoms with E-state index < -0.39 is 9.05 Å². The van der Waals surface area contributed by atoms with Crippen LogP contribution in [0.15, 0.2) is 47.9 Å². The fourth-order valence-electron chi connectivity index (χ4n) is 1.26. The first-order chi connectivity index (χ1) is 7.57. The van der Waals surface area contributed by atoms with Gasteiger partial charge >= 0.3 is 0 Å². The highest BCUT2D eigenvalue weighted by molar-refractivity contribution is 8.13. The Morgan fingerprint density at radius 3 is 2.00 bits per heavy atom. The maximum Gasteiger partial charge on any atom is 0.261 e. The minimum absolute atomic E-state index is 0.0785. The van der Waals surface area contributed by atoms with Crippen molar-refractivity contribution in [2.24, 2.45) is 0 Å². The first-order valence-corrected chi connectivity index (χ1v) is 6.68. The highest BCUT2D eigenvalue weighted by Gasteiger charge is 2.09. The number of aromatic nitrogens is 2. The van der Waals surface area contributed by atoms with Crippen molar-refractivity contribution in [1.82, 2.24) is 9.97 Å². The molecule has 0 unspecified atom stereocenters. The van der Waals surface area contributed by atoms with Gasteiger partial charge in [-0.2, -0.15) is 0 Å². The summed E-state index contributed by atoms with van der Waals surface area (Å²) in [6, 6.07) is 6.22. The molecule has 16 heavy (non-hydrogen) atoms. The number of rotatable bonds is 2. The zero-order valence-corrected chi connectivity index (χ0v) is 9.61. The third kappa shape index (κ3) is 2.37. The average molecular weight is 255 g/mol. The fraction of sp³-hybridized carbons (Fsp3) is 0. The Labute approximate surface area is 97.4 Å². The van der Waals surface area contributed by atoms with Gasteiger partial charge in [0, 0.05) is 28.6 Å². The molecule has 0 fully saturated rings. The summed E-state index contributed by atoms with van der Waals surface area (Å²) in [6.07, 6.45) is 4.73. The molecule has 1 heterocycles. The molecule has 0 saturated heterocycles. The predicted molar refractivity (Wildman–Crippen MR) is 60.5 cm³/mol. The second-order valence-electron chi connectivity index (χ2n) is 3.09. The van der Waals surface area contributed by atoms with Crippen molar-refractivity contribution in [3.8, 4) is 11.1 Å². The van der Waals surface area contributed by atoms with Gasteiger partial charge in [-0.1, -0.05) is 12.1 Å². The van der Waals surface area contributed by atoms with Crippen molar-refractivity contribution in [3.05, 3.63) is 43.0 Å². The summed E-state index contributed by atoms with van der Waals surface area (Å²) in [5, 5.41) is 0. The molecule has 2 aromatic rings. The van der Waals surface area contributed by atoms with E-state index >= 15 is 0 Å². The van der Waals surface area contributed by atoms with Crippen LogP contribution in [-0.2, 0) is 9.05 Å². The van der Waals surface area contributed by atoms with Crippen LogP contribution in [0.1, 0.15) is 0 Å². The zero-order valence-electron chi connectivity index (χ0n) is 8.04. The first kappa shape index (κ1) is 11.0. The lowest BCUT2D eigenvalue weighted by Crippen LogP contribution is -1.90. The smallest absolute Gasteiger partial charge is 0.244 e. The van der Waals surface area contributed by atoms with Gasteiger partial charge in [-0.25, -0.2) is 18.4 Å². The molecule has 6 heteroatoms. The van der Waals surface area contributed by atoms with Crippen LogP contribution >= 0.6 is 10.7 Å². The molecule has 0 atom stereocenters. The van der Waals surface area contributed by atoms with Crippen LogP contribution in [0.2, 0.25) is 0 Å². The lowest BCUT2D eigenvalue weighted by atomic mass is 10.1. The van der Waals surface area contributed by atoms with Crippen LogP contribution in [0.3, 0.4) is 0 Å². The monoisotopic (exact) mass is 254 g/mol. The maximum atomic E-state index is 11.0. The van der Waals surface area contributed by atoms with Crippen molar-refractivity contribution in [3.63, 3.8) is 0 Å². The molecule has 0 aliphatic carbocycles. The SMILES string of the molecule is O=S(=O)(Cl)c1ccc(-c2cncnc2)cc1. The summed E-state index contributed by atoms with van der Waals surface area (Å²) in [5.41, 5.74) is 1.66. The summed E-state index contributed by atoms with van der Waals surface area (Å²) in [7, 11) is 1.54. The van der Waals surface area contributed by atoms with Gasteiger partial charge in [0.15, 0.2) is 0 Å². The van der Waals surface area contributed by atoms with Crippen LogP contribution in [0.4, 0.5) is 0 Å². The maximum absolute atomic E-state index is 11.0. The summed E-state index contributed by atoms with van der Waals surface area (Å²) in [4.78, 5) is 7.83. The van der Waals surface area contributed by atoms with Gasteiger partial charge in [0.2, 0.25) is 0 Å². The van der Waals surface area contributed by atoms with Crippen molar-refractivity contribution >= 4 is 19.7 Å². The van der Waals surface area contributed by atoms with Gasteiger partial charge in [0.1, 0.15) is 6.33 Å². The molecule has 82 valence electrons. The minimum Gasteiger partial charge on any atom is -0.244 e. The van der Waals surface area contributed by atoms with Gasteiger partial charge in [0.25, 0.3) is 9.05 Å². The summed E-state index contributed by atoms with van der Waals surface area (Å²) < 4.78 is 22.0. The minimum atomic E-state index is -3.66. The molecule has 0 radical (unpaired) electrons. The fourth-order valence-corrected chi connectivity index (χ4v) is 2.03. The second-order valence-corrected chi connectivity index (χ2v) is 5.66. The van der Waals surface area contributed by atoms with Gasteiger partial charge in [-0.3, -0.25) is 0 Å². The second kappa shape index (κ2) is 4.19. The molecule has 1 aromatic heterocycles. The number of benzene rings is 1. The molecule has 0 saturated carbocycles. The van der Waals surface area contributed by atoms with E-state index in [2.05, 4.69) is 9.97 Å². The molecular weight excluding hydrogens is 248 g/mol. The number of nitrogens with zero attached hydrogens (tertiary/aromatic N) is 2. The Kier molecular flexibility index (Phi) is 2.89. The van der Waals surface area contributed by atoms with Crippen molar-refractivity contribution in [2.45, 2.75) is 4.90 Å². The van der Waals surface area contributed by atoms with Crippen LogP contribution < -0.4 is 0 Å². The number of hydrogen-bond acceptors (Lipinski definition) is 4. The highest BCUT2D eigenvalue weighted by atomic mass is 35.7. The Hall–Kier alpha value is -1.46. The van der Waals surface area contributed by atoms with E-state index in [1.807, 2.05) is 0 Å². The van der Waals surface area contributed by atoms with E-state index in [0.717, 1.165) is 11.1 Å². The molecule has 1 aromatic carbocycles. The largest absolute Gasteiger partial charge is 0.261 e. The third-order valence-corrected chi connectivity index (χ3v) is 3.40. The van der Waals surface area contributed by atoms with Crippen LogP contribution in [-0.4, -0.2) is 18.4 Å². The average Bonchev–Trinajstić information content (AvgIpc) is 2.29. The number of halogens is 1. The zero-order chi connectivity index (χ0) is 11.6. The Balaban J connectivity index is 2.41. The van der Waals surface area contributed by atoms with Gasteiger partial charge in [-0.05, 0) is 17.7 Å². The normalized spacial score (nSPS) is 11.3. The van der Waals surface area contributed by atoms with Crippen LogP contribution in [0, 0.1) is 0 Å². The highest BCUT2D eigenvalue weighted by Crippen LogP contribution is 2.21. The number of hydrogen-bond donors (Lipinski definition) is 0. The molecule has 0 aliphatic rings. The standard InChI is InChI=1S/C10H7ClN2O2S/c11-16(14,15)10-3-1-8(2-4-10)9-5-12-7-13-6-9/h1-7H. The third-order valence-electron chi connectivity index (χ3n) is 2.03. The Bertz CT molecular complexity index is 582. The molecule has 0 N–H and O–H groups in total. The van der Waals surface area contributed by atoms with Gasteiger partial charge < -0.3 is 0 Å². The van der Waals surface area contributed by atoms with Crippen molar-refractivity contribution in [1.29, 1.82) is 0 Å².